The average Bonchev–Trinajstić information content (AvgIpc) is 2.43. The largest absolute Gasteiger partial charge is 0.335 e. The summed E-state index contributed by atoms with van der Waals surface area (Å²) >= 11 is 0. The lowest BCUT2D eigenvalue weighted by atomic mass is 10.1. The van der Waals surface area contributed by atoms with Crippen LogP contribution in [0.5, 0.6) is 0 Å². The Morgan fingerprint density at radius 1 is 1.32 bits per heavy atom. The third kappa shape index (κ3) is 2.71. The summed E-state index contributed by atoms with van der Waals surface area (Å²) in [4.78, 5) is 22.8. The van der Waals surface area contributed by atoms with Crippen molar-refractivity contribution < 1.29 is 4.79 Å². The molecule has 1 heterocycles. The second-order valence-electron chi connectivity index (χ2n) is 4.61. The van der Waals surface area contributed by atoms with Crippen LogP contribution >= 0.6 is 0 Å². The van der Waals surface area contributed by atoms with Gasteiger partial charge in [-0.3, -0.25) is 14.8 Å². The number of rotatable bonds is 4. The number of hydrogen-bond acceptors (Lipinski definition) is 4. The van der Waals surface area contributed by atoms with Crippen molar-refractivity contribution in [3.8, 4) is 0 Å². The van der Waals surface area contributed by atoms with Crippen molar-refractivity contribution in [1.29, 1.82) is 0 Å². The molecular formula is C14H18N4O. The molecule has 0 aliphatic carbocycles. The van der Waals surface area contributed by atoms with Crippen LogP contribution in [-0.2, 0) is 0 Å². The predicted molar refractivity (Wildman–Crippen MR) is 74.8 cm³/mol. The lowest BCUT2D eigenvalue weighted by Crippen LogP contribution is -2.40. The molecule has 2 rings (SSSR count). The summed E-state index contributed by atoms with van der Waals surface area (Å²) < 4.78 is 0. The third-order valence-electron chi connectivity index (χ3n) is 2.98. The van der Waals surface area contributed by atoms with Gasteiger partial charge in [-0.05, 0) is 26.0 Å². The van der Waals surface area contributed by atoms with Crippen molar-refractivity contribution in [3.63, 3.8) is 0 Å². The van der Waals surface area contributed by atoms with Gasteiger partial charge >= 0.3 is 0 Å². The molecule has 0 unspecified atom stereocenters. The van der Waals surface area contributed by atoms with E-state index in [1.165, 1.54) is 0 Å². The second kappa shape index (κ2) is 5.75. The topological polar surface area (TPSA) is 72.1 Å². The minimum Gasteiger partial charge on any atom is -0.335 e. The minimum atomic E-state index is -0.0495. The Kier molecular flexibility index (Phi) is 4.06. The predicted octanol–water partition coefficient (Wildman–Crippen LogP) is 1.44. The van der Waals surface area contributed by atoms with Crippen LogP contribution in [0.15, 0.2) is 30.6 Å². The maximum atomic E-state index is 12.6. The molecule has 1 amide bonds. The van der Waals surface area contributed by atoms with Gasteiger partial charge in [-0.1, -0.05) is 6.07 Å². The fourth-order valence-corrected chi connectivity index (χ4v) is 2.05. The molecule has 0 aliphatic rings. The highest BCUT2D eigenvalue weighted by Crippen LogP contribution is 2.17. The highest BCUT2D eigenvalue weighted by atomic mass is 16.2. The Hall–Kier alpha value is -2.01. The van der Waals surface area contributed by atoms with Crippen LogP contribution in [0.1, 0.15) is 24.2 Å². The van der Waals surface area contributed by atoms with Gasteiger partial charge in [0.05, 0.1) is 11.1 Å². The first kappa shape index (κ1) is 13.4. The number of hydrogen-bond donors (Lipinski definition) is 1. The van der Waals surface area contributed by atoms with E-state index >= 15 is 0 Å². The van der Waals surface area contributed by atoms with E-state index in [0.717, 1.165) is 5.52 Å². The van der Waals surface area contributed by atoms with E-state index in [2.05, 4.69) is 9.97 Å². The van der Waals surface area contributed by atoms with E-state index in [1.807, 2.05) is 26.0 Å². The first-order valence-corrected chi connectivity index (χ1v) is 6.36. The van der Waals surface area contributed by atoms with Crippen molar-refractivity contribution in [2.45, 2.75) is 19.9 Å². The first-order valence-electron chi connectivity index (χ1n) is 6.36. The lowest BCUT2D eigenvalue weighted by Gasteiger charge is -2.26. The van der Waals surface area contributed by atoms with E-state index in [1.54, 1.807) is 23.4 Å². The van der Waals surface area contributed by atoms with E-state index in [-0.39, 0.29) is 11.9 Å². The highest BCUT2D eigenvalue weighted by molar-refractivity contribution is 6.04. The number of benzene rings is 1. The summed E-state index contributed by atoms with van der Waals surface area (Å²) in [5, 5.41) is 0. The number of amides is 1. The Morgan fingerprint density at radius 2 is 2.05 bits per heavy atom. The number of para-hydroxylation sites is 1. The summed E-state index contributed by atoms with van der Waals surface area (Å²) in [7, 11) is 0. The zero-order chi connectivity index (χ0) is 13.8. The van der Waals surface area contributed by atoms with Gasteiger partial charge < -0.3 is 10.6 Å². The van der Waals surface area contributed by atoms with Crippen LogP contribution in [0.3, 0.4) is 0 Å². The standard InChI is InChI=1S/C14H18N4O/c1-10(2)18(9-6-15)14(19)11-4-3-5-12-13(11)17-8-7-16-12/h3-5,7-8,10H,6,9,15H2,1-2H3. The zero-order valence-corrected chi connectivity index (χ0v) is 11.2. The molecule has 0 radical (unpaired) electrons. The molecule has 5 heteroatoms. The smallest absolute Gasteiger partial charge is 0.256 e. The Balaban J connectivity index is 2.45. The third-order valence-corrected chi connectivity index (χ3v) is 2.98. The minimum absolute atomic E-state index is 0.0495. The first-order chi connectivity index (χ1) is 9.15. The maximum Gasteiger partial charge on any atom is 0.256 e. The molecule has 0 bridgehead atoms. The normalized spacial score (nSPS) is 10.9. The van der Waals surface area contributed by atoms with Crippen molar-refractivity contribution in [2.24, 2.45) is 5.73 Å². The number of nitrogens with zero attached hydrogens (tertiary/aromatic N) is 3. The zero-order valence-electron chi connectivity index (χ0n) is 11.2. The fourth-order valence-electron chi connectivity index (χ4n) is 2.05. The summed E-state index contributed by atoms with van der Waals surface area (Å²) in [6.07, 6.45) is 3.22. The summed E-state index contributed by atoms with van der Waals surface area (Å²) in [6.45, 7) is 4.93. The average molecular weight is 258 g/mol. The highest BCUT2D eigenvalue weighted by Gasteiger charge is 2.20. The van der Waals surface area contributed by atoms with Gasteiger partial charge in [-0.2, -0.15) is 0 Å². The number of fused-ring (bicyclic) bond motifs is 1. The van der Waals surface area contributed by atoms with Crippen LogP contribution in [0.2, 0.25) is 0 Å². The number of carbonyl (C=O) groups excluding carboxylic acids is 1. The van der Waals surface area contributed by atoms with Crippen LogP contribution < -0.4 is 5.73 Å². The van der Waals surface area contributed by atoms with Crippen molar-refractivity contribution in [1.82, 2.24) is 14.9 Å². The van der Waals surface area contributed by atoms with Crippen molar-refractivity contribution in [2.75, 3.05) is 13.1 Å². The van der Waals surface area contributed by atoms with Gasteiger partial charge in [0.1, 0.15) is 5.52 Å². The van der Waals surface area contributed by atoms with Crippen LogP contribution in [-0.4, -0.2) is 39.9 Å². The molecule has 1 aromatic carbocycles. The van der Waals surface area contributed by atoms with Gasteiger partial charge in [-0.15, -0.1) is 0 Å². The second-order valence-corrected chi connectivity index (χ2v) is 4.61. The molecule has 5 nitrogen and oxygen atoms in total. The summed E-state index contributed by atoms with van der Waals surface area (Å²) in [5.74, 6) is -0.0495. The molecule has 0 saturated heterocycles. The molecule has 2 N–H and O–H groups in total. The molecule has 2 aromatic rings. The molecule has 1 aromatic heterocycles. The van der Waals surface area contributed by atoms with Gasteiger partial charge in [-0.25, -0.2) is 0 Å². The molecule has 0 aliphatic heterocycles. The number of nitrogens with two attached hydrogens (primary N) is 1. The molecule has 0 saturated carbocycles. The summed E-state index contributed by atoms with van der Waals surface area (Å²) in [6, 6.07) is 5.56. The van der Waals surface area contributed by atoms with E-state index in [4.69, 9.17) is 5.73 Å². The molecule has 0 spiro atoms. The fraction of sp³-hybridized carbons (Fsp3) is 0.357. The van der Waals surface area contributed by atoms with Gasteiger partial charge in [0.25, 0.3) is 5.91 Å². The monoisotopic (exact) mass is 258 g/mol. The Morgan fingerprint density at radius 3 is 2.74 bits per heavy atom. The number of aromatic nitrogens is 2. The molecular weight excluding hydrogens is 240 g/mol. The Bertz CT molecular complexity index is 577. The van der Waals surface area contributed by atoms with E-state index < -0.39 is 0 Å². The summed E-state index contributed by atoms with van der Waals surface area (Å²) in [5.41, 5.74) is 7.51. The molecule has 0 atom stereocenters. The van der Waals surface area contributed by atoms with E-state index in [0.29, 0.717) is 24.2 Å². The van der Waals surface area contributed by atoms with Gasteiger partial charge in [0, 0.05) is 31.5 Å². The van der Waals surface area contributed by atoms with Crippen molar-refractivity contribution in [3.05, 3.63) is 36.2 Å². The van der Waals surface area contributed by atoms with Crippen molar-refractivity contribution >= 4 is 16.9 Å². The number of carbonyl (C=O) groups is 1. The molecule has 0 fully saturated rings. The SMILES string of the molecule is CC(C)N(CCN)C(=O)c1cccc2nccnc12. The van der Waals surface area contributed by atoms with Gasteiger partial charge in [0.15, 0.2) is 0 Å². The van der Waals surface area contributed by atoms with Crippen LogP contribution in [0.25, 0.3) is 11.0 Å². The lowest BCUT2D eigenvalue weighted by molar-refractivity contribution is 0.0713. The Labute approximate surface area is 112 Å². The van der Waals surface area contributed by atoms with Crippen LogP contribution in [0, 0.1) is 0 Å². The molecule has 19 heavy (non-hydrogen) atoms. The van der Waals surface area contributed by atoms with Crippen LogP contribution in [0.4, 0.5) is 0 Å². The van der Waals surface area contributed by atoms with E-state index in [9.17, 15) is 4.79 Å². The quantitative estimate of drug-likeness (QED) is 0.900. The maximum absolute atomic E-state index is 12.6. The van der Waals surface area contributed by atoms with Gasteiger partial charge in [0.2, 0.25) is 0 Å². The molecule has 100 valence electrons.